The summed E-state index contributed by atoms with van der Waals surface area (Å²) in [5.74, 6) is -0.512. The molecule has 1 aromatic rings. The van der Waals surface area contributed by atoms with Gasteiger partial charge in [-0.1, -0.05) is 15.9 Å². The first kappa shape index (κ1) is 17.4. The topological polar surface area (TPSA) is 55.1 Å². The van der Waals surface area contributed by atoms with Crippen LogP contribution in [-0.2, 0) is 11.2 Å². The summed E-state index contributed by atoms with van der Waals surface area (Å²) >= 11 is 3.27. The van der Waals surface area contributed by atoms with E-state index in [1.54, 1.807) is 26.0 Å². The Morgan fingerprint density at radius 3 is 2.67 bits per heavy atom. The number of carbonyl (C=O) groups excluding carboxylic acids is 1. The average molecular weight is 340 g/mol. The number of rotatable bonds is 4. The van der Waals surface area contributed by atoms with Gasteiger partial charge in [0.15, 0.2) is 0 Å². The Morgan fingerprint density at radius 2 is 2.11 bits per heavy atom. The molecular weight excluding hydrogens is 322 g/mol. The number of hydrogen-bond acceptors (Lipinski definition) is 2. The van der Waals surface area contributed by atoms with Crippen LogP contribution in [0.25, 0.3) is 0 Å². The maximum absolute atomic E-state index is 13.4. The Hall–Kier alpha value is -0.650. The van der Waals surface area contributed by atoms with E-state index < -0.39 is 5.54 Å². The molecule has 3 N–H and O–H groups in total. The summed E-state index contributed by atoms with van der Waals surface area (Å²) in [5.41, 5.74) is 5.28. The Labute approximate surface area is 121 Å². The van der Waals surface area contributed by atoms with E-state index in [9.17, 15) is 9.18 Å². The van der Waals surface area contributed by atoms with Crippen LogP contribution >= 0.6 is 28.3 Å². The van der Waals surface area contributed by atoms with Crippen LogP contribution in [0.2, 0.25) is 0 Å². The van der Waals surface area contributed by atoms with Crippen molar-refractivity contribution in [2.45, 2.75) is 25.8 Å². The summed E-state index contributed by atoms with van der Waals surface area (Å²) in [4.78, 5) is 11.5. The number of hydrogen-bond donors (Lipinski definition) is 2. The molecule has 0 aromatic heterocycles. The zero-order chi connectivity index (χ0) is 13.1. The molecule has 0 atom stereocenters. The van der Waals surface area contributed by atoms with E-state index in [-0.39, 0.29) is 24.1 Å². The Bertz CT molecular complexity index is 421. The van der Waals surface area contributed by atoms with Gasteiger partial charge < -0.3 is 11.1 Å². The molecule has 0 unspecified atom stereocenters. The van der Waals surface area contributed by atoms with E-state index in [2.05, 4.69) is 21.2 Å². The second-order valence-corrected chi connectivity index (χ2v) is 5.38. The lowest BCUT2D eigenvalue weighted by atomic mass is 10.1. The number of nitrogens with one attached hydrogen (secondary N) is 1. The molecule has 1 aromatic carbocycles. The predicted octanol–water partition coefficient (Wildman–Crippen LogP) is 2.41. The maximum atomic E-state index is 13.4. The molecule has 18 heavy (non-hydrogen) atoms. The largest absolute Gasteiger partial charge is 0.354 e. The quantitative estimate of drug-likeness (QED) is 0.885. The van der Waals surface area contributed by atoms with Crippen molar-refractivity contribution in [2.24, 2.45) is 5.73 Å². The monoisotopic (exact) mass is 338 g/mol. The zero-order valence-electron chi connectivity index (χ0n) is 10.3. The first-order valence-electron chi connectivity index (χ1n) is 5.32. The Balaban J connectivity index is 0.00000289. The number of carbonyl (C=O) groups is 1. The van der Waals surface area contributed by atoms with Crippen LogP contribution in [0.3, 0.4) is 0 Å². The highest BCUT2D eigenvalue weighted by atomic mass is 79.9. The fraction of sp³-hybridized carbons (Fsp3) is 0.417. The predicted molar refractivity (Wildman–Crippen MR) is 76.3 cm³/mol. The van der Waals surface area contributed by atoms with Crippen molar-refractivity contribution in [1.29, 1.82) is 0 Å². The highest BCUT2D eigenvalue weighted by Gasteiger charge is 2.20. The number of benzene rings is 1. The van der Waals surface area contributed by atoms with Crippen LogP contribution in [0.5, 0.6) is 0 Å². The summed E-state index contributed by atoms with van der Waals surface area (Å²) in [6.45, 7) is 3.62. The van der Waals surface area contributed by atoms with Crippen molar-refractivity contribution in [1.82, 2.24) is 5.32 Å². The minimum Gasteiger partial charge on any atom is -0.354 e. The van der Waals surface area contributed by atoms with Gasteiger partial charge in [-0.15, -0.1) is 12.4 Å². The van der Waals surface area contributed by atoms with Gasteiger partial charge in [0, 0.05) is 11.0 Å². The molecule has 1 rings (SSSR count). The van der Waals surface area contributed by atoms with Gasteiger partial charge in [-0.05, 0) is 44.0 Å². The second kappa shape index (κ2) is 7.07. The van der Waals surface area contributed by atoms with E-state index in [1.165, 1.54) is 6.07 Å². The van der Waals surface area contributed by atoms with Gasteiger partial charge in [0.2, 0.25) is 5.91 Å². The minimum absolute atomic E-state index is 0. The molecule has 0 bridgehead atoms. The molecule has 0 spiro atoms. The van der Waals surface area contributed by atoms with Crippen LogP contribution in [0.1, 0.15) is 19.4 Å². The molecule has 0 fully saturated rings. The first-order valence-corrected chi connectivity index (χ1v) is 6.11. The molecule has 0 saturated heterocycles. The van der Waals surface area contributed by atoms with Crippen LogP contribution in [0.15, 0.2) is 22.7 Å². The van der Waals surface area contributed by atoms with Crippen LogP contribution < -0.4 is 11.1 Å². The van der Waals surface area contributed by atoms with Gasteiger partial charge in [-0.25, -0.2) is 4.39 Å². The second-order valence-electron chi connectivity index (χ2n) is 4.46. The van der Waals surface area contributed by atoms with Crippen molar-refractivity contribution >= 4 is 34.2 Å². The standard InChI is InChI=1S/C12H16BrFN2O.ClH/c1-12(2,15)11(17)16-6-5-8-7-9(13)3-4-10(8)14;/h3-4,7H,5-6,15H2,1-2H3,(H,16,17);1H. The number of nitrogens with two attached hydrogens (primary N) is 1. The summed E-state index contributed by atoms with van der Waals surface area (Å²) in [7, 11) is 0. The lowest BCUT2D eigenvalue weighted by Crippen LogP contribution is -2.49. The van der Waals surface area contributed by atoms with E-state index in [0.29, 0.717) is 18.5 Å². The van der Waals surface area contributed by atoms with Gasteiger partial charge in [0.05, 0.1) is 5.54 Å². The highest BCUT2D eigenvalue weighted by Crippen LogP contribution is 2.15. The van der Waals surface area contributed by atoms with Crippen molar-refractivity contribution < 1.29 is 9.18 Å². The molecule has 0 aliphatic rings. The number of halogens is 3. The zero-order valence-corrected chi connectivity index (χ0v) is 12.7. The third-order valence-corrected chi connectivity index (χ3v) is 2.77. The van der Waals surface area contributed by atoms with Crippen molar-refractivity contribution in [3.63, 3.8) is 0 Å². The van der Waals surface area contributed by atoms with Gasteiger partial charge in [0.25, 0.3) is 0 Å². The Kier molecular flexibility index (Phi) is 6.81. The van der Waals surface area contributed by atoms with Crippen LogP contribution in [0.4, 0.5) is 4.39 Å². The molecule has 1 amide bonds. The first-order chi connectivity index (χ1) is 7.80. The highest BCUT2D eigenvalue weighted by molar-refractivity contribution is 9.10. The van der Waals surface area contributed by atoms with E-state index in [4.69, 9.17) is 5.73 Å². The van der Waals surface area contributed by atoms with E-state index in [0.717, 1.165) is 4.47 Å². The van der Waals surface area contributed by atoms with Crippen LogP contribution in [-0.4, -0.2) is 18.0 Å². The van der Waals surface area contributed by atoms with Crippen molar-refractivity contribution in [2.75, 3.05) is 6.54 Å². The molecular formula is C12H17BrClFN2O. The fourth-order valence-corrected chi connectivity index (χ4v) is 1.68. The molecule has 0 saturated carbocycles. The molecule has 102 valence electrons. The molecule has 0 aliphatic heterocycles. The molecule has 6 heteroatoms. The maximum Gasteiger partial charge on any atom is 0.239 e. The Morgan fingerprint density at radius 1 is 1.50 bits per heavy atom. The van der Waals surface area contributed by atoms with Gasteiger partial charge in [-0.2, -0.15) is 0 Å². The van der Waals surface area contributed by atoms with Gasteiger partial charge >= 0.3 is 0 Å². The van der Waals surface area contributed by atoms with E-state index in [1.807, 2.05) is 0 Å². The third-order valence-electron chi connectivity index (χ3n) is 2.27. The van der Waals surface area contributed by atoms with E-state index >= 15 is 0 Å². The normalized spacial score (nSPS) is 10.7. The third kappa shape index (κ3) is 5.33. The summed E-state index contributed by atoms with van der Waals surface area (Å²) in [6, 6.07) is 4.74. The minimum atomic E-state index is -0.907. The van der Waals surface area contributed by atoms with Gasteiger partial charge in [-0.3, -0.25) is 4.79 Å². The fourth-order valence-electron chi connectivity index (χ4n) is 1.27. The van der Waals surface area contributed by atoms with Crippen molar-refractivity contribution in [3.05, 3.63) is 34.1 Å². The average Bonchev–Trinajstić information content (AvgIpc) is 2.21. The van der Waals surface area contributed by atoms with Gasteiger partial charge in [0.1, 0.15) is 5.82 Å². The SMILES string of the molecule is CC(C)(N)C(=O)NCCc1cc(Br)ccc1F.Cl. The molecule has 0 heterocycles. The smallest absolute Gasteiger partial charge is 0.239 e. The van der Waals surface area contributed by atoms with Crippen LogP contribution in [0, 0.1) is 5.82 Å². The summed E-state index contributed by atoms with van der Waals surface area (Å²) < 4.78 is 14.2. The summed E-state index contributed by atoms with van der Waals surface area (Å²) in [6.07, 6.45) is 0.438. The lowest BCUT2D eigenvalue weighted by Gasteiger charge is -2.17. The molecule has 3 nitrogen and oxygen atoms in total. The number of amides is 1. The van der Waals surface area contributed by atoms with Crippen molar-refractivity contribution in [3.8, 4) is 0 Å². The molecule has 0 aliphatic carbocycles. The lowest BCUT2D eigenvalue weighted by molar-refractivity contribution is -0.125. The summed E-state index contributed by atoms with van der Waals surface area (Å²) in [5, 5.41) is 2.67. The molecule has 0 radical (unpaired) electrons.